The van der Waals surface area contributed by atoms with Gasteiger partial charge in [0.05, 0.1) is 0 Å². The van der Waals surface area contributed by atoms with Crippen LogP contribution in [0.4, 0.5) is 0 Å². The monoisotopic (exact) mass is 312 g/mol. The van der Waals surface area contributed by atoms with Crippen molar-refractivity contribution < 1.29 is 18.3 Å². The van der Waals surface area contributed by atoms with Crippen LogP contribution in [0.5, 0.6) is 0 Å². The van der Waals surface area contributed by atoms with Crippen molar-refractivity contribution >= 4 is 16.0 Å². The van der Waals surface area contributed by atoms with Crippen LogP contribution in [0.25, 0.3) is 0 Å². The molecule has 0 atom stereocenters. The smallest absolute Gasteiger partial charge is 0.352 e. The summed E-state index contributed by atoms with van der Waals surface area (Å²) < 4.78 is 27.7. The predicted molar refractivity (Wildman–Crippen MR) is 80.8 cm³/mol. The van der Waals surface area contributed by atoms with E-state index in [1.54, 1.807) is 0 Å². The Morgan fingerprint density at radius 3 is 2.38 bits per heavy atom. The van der Waals surface area contributed by atoms with E-state index in [1.165, 1.54) is 33.3 Å². The maximum atomic E-state index is 12.5. The van der Waals surface area contributed by atoms with E-state index in [1.807, 2.05) is 6.92 Å². The number of aryl methyl sites for hydroxylation is 1. The zero-order valence-corrected chi connectivity index (χ0v) is 12.8. The number of nitrogens with zero attached hydrogens (tertiary/aromatic N) is 2. The third-order valence-corrected chi connectivity index (χ3v) is 4.66. The minimum atomic E-state index is -3.77. The lowest BCUT2D eigenvalue weighted by atomic mass is 10.4. The average Bonchev–Trinajstić information content (AvgIpc) is 2.84. The number of sulfonamides is 1. The molecule has 7 heteroatoms. The fraction of sp³-hybridized carbons (Fsp3) is 0.357. The molecular formula is C14H20N2O4S. The Morgan fingerprint density at radius 1 is 1.38 bits per heavy atom. The molecule has 0 fully saturated rings. The average molecular weight is 312 g/mol. The number of hydrogen-bond donors (Lipinski definition) is 1. The Hall–Kier alpha value is -1.86. The van der Waals surface area contributed by atoms with E-state index in [2.05, 4.69) is 13.2 Å². The molecule has 1 aromatic heterocycles. The molecule has 0 aliphatic heterocycles. The van der Waals surface area contributed by atoms with Crippen LogP contribution in [0.2, 0.25) is 0 Å². The molecule has 0 aliphatic rings. The molecule has 1 aromatic rings. The molecule has 0 aromatic carbocycles. The van der Waals surface area contributed by atoms with Gasteiger partial charge in [0.2, 0.25) is 10.0 Å². The van der Waals surface area contributed by atoms with Crippen molar-refractivity contribution in [1.29, 1.82) is 0 Å². The molecule has 0 saturated carbocycles. The highest BCUT2D eigenvalue weighted by Gasteiger charge is 2.26. The lowest BCUT2D eigenvalue weighted by molar-refractivity contribution is 0.0685. The Kier molecular flexibility index (Phi) is 5.92. The van der Waals surface area contributed by atoms with E-state index in [0.29, 0.717) is 13.0 Å². The molecule has 0 unspecified atom stereocenters. The molecule has 1 heterocycles. The number of carboxylic acid groups (broad SMARTS) is 1. The molecule has 0 amide bonds. The fourth-order valence-corrected chi connectivity index (χ4v) is 3.36. The molecule has 6 nitrogen and oxygen atoms in total. The van der Waals surface area contributed by atoms with Gasteiger partial charge < -0.3 is 9.67 Å². The summed E-state index contributed by atoms with van der Waals surface area (Å²) in [6.07, 6.45) is 5.02. The largest absolute Gasteiger partial charge is 0.477 e. The Labute approximate surface area is 125 Å². The summed E-state index contributed by atoms with van der Waals surface area (Å²) >= 11 is 0. The highest BCUT2D eigenvalue weighted by molar-refractivity contribution is 7.89. The zero-order chi connectivity index (χ0) is 16.0. The summed E-state index contributed by atoms with van der Waals surface area (Å²) in [4.78, 5) is 11.2. The van der Waals surface area contributed by atoms with Crippen LogP contribution < -0.4 is 0 Å². The number of carboxylic acids is 1. The first-order chi connectivity index (χ1) is 9.88. The first kappa shape index (κ1) is 17.2. The summed E-state index contributed by atoms with van der Waals surface area (Å²) in [7, 11) is -3.77. The molecule has 116 valence electrons. The van der Waals surface area contributed by atoms with Gasteiger partial charge in [0.1, 0.15) is 10.6 Å². The van der Waals surface area contributed by atoms with Crippen LogP contribution in [-0.4, -0.2) is 41.5 Å². The highest BCUT2D eigenvalue weighted by Crippen LogP contribution is 2.20. The summed E-state index contributed by atoms with van der Waals surface area (Å²) in [5, 5.41) is 9.16. The van der Waals surface area contributed by atoms with Gasteiger partial charge in [-0.05, 0) is 12.5 Å². The molecule has 0 bridgehead atoms. The zero-order valence-electron chi connectivity index (χ0n) is 12.0. The van der Waals surface area contributed by atoms with Crippen molar-refractivity contribution in [2.75, 3.05) is 13.1 Å². The molecule has 0 radical (unpaired) electrons. The number of hydrogen-bond acceptors (Lipinski definition) is 3. The van der Waals surface area contributed by atoms with E-state index in [-0.39, 0.29) is 23.7 Å². The third-order valence-electron chi connectivity index (χ3n) is 2.86. The van der Waals surface area contributed by atoms with Crippen molar-refractivity contribution in [2.24, 2.45) is 0 Å². The van der Waals surface area contributed by atoms with Crippen LogP contribution in [0.15, 0.2) is 42.5 Å². The van der Waals surface area contributed by atoms with Crippen molar-refractivity contribution in [3.8, 4) is 0 Å². The van der Waals surface area contributed by atoms with Gasteiger partial charge in [-0.3, -0.25) is 0 Å². The molecule has 21 heavy (non-hydrogen) atoms. The first-order valence-electron chi connectivity index (χ1n) is 6.53. The number of rotatable bonds is 9. The Balaban J connectivity index is 3.29. The second-order valence-corrected chi connectivity index (χ2v) is 6.40. The van der Waals surface area contributed by atoms with Gasteiger partial charge in [-0.25, -0.2) is 13.2 Å². The first-order valence-corrected chi connectivity index (χ1v) is 7.97. The fourth-order valence-electron chi connectivity index (χ4n) is 1.94. The summed E-state index contributed by atoms with van der Waals surface area (Å²) in [6, 6.07) is 1.19. The minimum absolute atomic E-state index is 0.0305. The van der Waals surface area contributed by atoms with Gasteiger partial charge in [0, 0.05) is 25.8 Å². The van der Waals surface area contributed by atoms with Gasteiger partial charge in [-0.15, -0.1) is 13.2 Å². The number of aromatic carboxylic acids is 1. The predicted octanol–water partition coefficient (Wildman–Crippen LogP) is 1.96. The van der Waals surface area contributed by atoms with Crippen LogP contribution in [0, 0.1) is 0 Å². The number of aromatic nitrogens is 1. The van der Waals surface area contributed by atoms with Gasteiger partial charge in [0.15, 0.2) is 0 Å². The second-order valence-electron chi connectivity index (χ2n) is 4.46. The molecule has 1 N–H and O–H groups in total. The van der Waals surface area contributed by atoms with Crippen molar-refractivity contribution in [1.82, 2.24) is 8.87 Å². The quantitative estimate of drug-likeness (QED) is 0.707. The Morgan fingerprint density at radius 2 is 1.95 bits per heavy atom. The molecule has 1 rings (SSSR count). The van der Waals surface area contributed by atoms with Gasteiger partial charge >= 0.3 is 5.97 Å². The topological polar surface area (TPSA) is 79.6 Å². The molecule has 0 spiro atoms. The van der Waals surface area contributed by atoms with Gasteiger partial charge in [0.25, 0.3) is 0 Å². The minimum Gasteiger partial charge on any atom is -0.477 e. The third kappa shape index (κ3) is 3.83. The summed E-state index contributed by atoms with van der Waals surface area (Å²) in [5.41, 5.74) is -0.0346. The van der Waals surface area contributed by atoms with Crippen molar-refractivity contribution in [2.45, 2.75) is 24.8 Å². The maximum absolute atomic E-state index is 12.5. The second kappa shape index (κ2) is 7.24. The lowest BCUT2D eigenvalue weighted by Gasteiger charge is -2.17. The van der Waals surface area contributed by atoms with Crippen LogP contribution in [-0.2, 0) is 16.6 Å². The normalized spacial score (nSPS) is 11.5. The van der Waals surface area contributed by atoms with E-state index >= 15 is 0 Å². The van der Waals surface area contributed by atoms with Crippen LogP contribution in [0.1, 0.15) is 23.8 Å². The highest BCUT2D eigenvalue weighted by atomic mass is 32.2. The van der Waals surface area contributed by atoms with Crippen molar-refractivity contribution in [3.63, 3.8) is 0 Å². The van der Waals surface area contributed by atoms with E-state index in [0.717, 1.165) is 0 Å². The number of carbonyl (C=O) groups is 1. The molecule has 0 aliphatic carbocycles. The van der Waals surface area contributed by atoms with E-state index in [4.69, 9.17) is 5.11 Å². The van der Waals surface area contributed by atoms with Crippen LogP contribution >= 0.6 is 0 Å². The maximum Gasteiger partial charge on any atom is 0.352 e. The molecular weight excluding hydrogens is 292 g/mol. The van der Waals surface area contributed by atoms with E-state index in [9.17, 15) is 13.2 Å². The molecule has 0 saturated heterocycles. The standard InChI is InChI=1S/C14H20N2O4S/c1-4-7-15-11-12(10-13(15)14(17)18)21(19,20)16(8-5-2)9-6-3/h5-6,10-11H,2-4,7-9H2,1H3,(H,17,18). The SMILES string of the molecule is C=CCN(CC=C)S(=O)(=O)c1cc(C(=O)O)n(CCC)c1. The summed E-state index contributed by atoms with van der Waals surface area (Å²) in [6.45, 7) is 9.67. The van der Waals surface area contributed by atoms with Crippen LogP contribution in [0.3, 0.4) is 0 Å². The Bertz CT molecular complexity index is 621. The van der Waals surface area contributed by atoms with E-state index < -0.39 is 16.0 Å². The lowest BCUT2D eigenvalue weighted by Crippen LogP contribution is -2.31. The summed E-state index contributed by atoms with van der Waals surface area (Å²) in [5.74, 6) is -1.15. The van der Waals surface area contributed by atoms with Crippen molar-refractivity contribution in [3.05, 3.63) is 43.3 Å². The van der Waals surface area contributed by atoms with Gasteiger partial charge in [-0.1, -0.05) is 19.1 Å². The van der Waals surface area contributed by atoms with Gasteiger partial charge in [-0.2, -0.15) is 4.31 Å².